The van der Waals surface area contributed by atoms with Crippen LogP contribution in [0.3, 0.4) is 0 Å². The monoisotopic (exact) mass is 489 g/mol. The van der Waals surface area contributed by atoms with Crippen molar-refractivity contribution in [1.29, 1.82) is 0 Å². The van der Waals surface area contributed by atoms with Crippen molar-refractivity contribution >= 4 is 6.09 Å². The molecule has 35 heavy (non-hydrogen) atoms. The van der Waals surface area contributed by atoms with Gasteiger partial charge in [-0.3, -0.25) is 0 Å². The quantitative estimate of drug-likeness (QED) is 0.179. The molecule has 1 aliphatic rings. The van der Waals surface area contributed by atoms with Gasteiger partial charge in [0.25, 0.3) is 0 Å². The number of hydrogen-bond acceptors (Lipinski definition) is 4. The Hall–Kier alpha value is -1.59. The Morgan fingerprint density at radius 1 is 0.943 bits per heavy atom. The second-order valence-electron chi connectivity index (χ2n) is 10.2. The zero-order valence-corrected chi connectivity index (χ0v) is 22.3. The summed E-state index contributed by atoms with van der Waals surface area (Å²) in [4.78, 5) is 12.2. The molecule has 0 aliphatic carbocycles. The molecule has 200 valence electrons. The molecule has 2 atom stereocenters. The molecule has 1 N–H and O–H groups in total. The normalized spacial score (nSPS) is 16.3. The van der Waals surface area contributed by atoms with E-state index >= 15 is 0 Å². The van der Waals surface area contributed by atoms with Crippen molar-refractivity contribution in [2.24, 2.45) is 5.92 Å². The highest BCUT2D eigenvalue weighted by Crippen LogP contribution is 2.16. The summed E-state index contributed by atoms with van der Waals surface area (Å²) >= 11 is 0. The number of benzene rings is 1. The number of carbonyl (C=O) groups is 1. The van der Waals surface area contributed by atoms with E-state index in [2.05, 4.69) is 24.4 Å². The number of nitrogens with one attached hydrogen (secondary N) is 1. The van der Waals surface area contributed by atoms with E-state index < -0.39 is 0 Å². The topological polar surface area (TPSA) is 56.8 Å². The zero-order valence-electron chi connectivity index (χ0n) is 22.3. The molecule has 1 aromatic rings. The Morgan fingerprint density at radius 3 is 2.17 bits per heavy atom. The van der Waals surface area contributed by atoms with Crippen LogP contribution in [0, 0.1) is 5.92 Å². The number of alkyl carbamates (subject to hydrolysis) is 1. The molecule has 1 heterocycles. The summed E-state index contributed by atoms with van der Waals surface area (Å²) in [6.07, 6.45) is 19.1. The fourth-order valence-corrected chi connectivity index (χ4v) is 4.64. The van der Waals surface area contributed by atoms with E-state index in [1.165, 1.54) is 89.0 Å². The third-order valence-electron chi connectivity index (χ3n) is 6.88. The predicted molar refractivity (Wildman–Crippen MR) is 144 cm³/mol. The van der Waals surface area contributed by atoms with Crippen molar-refractivity contribution in [3.8, 4) is 0 Å². The van der Waals surface area contributed by atoms with Crippen LogP contribution < -0.4 is 5.32 Å². The van der Waals surface area contributed by atoms with Gasteiger partial charge < -0.3 is 19.5 Å². The lowest BCUT2D eigenvalue weighted by atomic mass is 10.00. The van der Waals surface area contributed by atoms with Gasteiger partial charge in [-0.05, 0) is 17.9 Å². The molecular weight excluding hydrogens is 438 g/mol. The van der Waals surface area contributed by atoms with Crippen molar-refractivity contribution in [3.63, 3.8) is 0 Å². The molecular formula is C30H51NO4. The first kappa shape index (κ1) is 29.6. The predicted octanol–water partition coefficient (Wildman–Crippen LogP) is 7.82. The van der Waals surface area contributed by atoms with Gasteiger partial charge in [0.05, 0.1) is 26.4 Å². The maximum absolute atomic E-state index is 12.2. The van der Waals surface area contributed by atoms with Crippen LogP contribution in [0.2, 0.25) is 0 Å². The standard InChI is InChI=1S/C30H51NO4/c1-2-3-4-5-6-7-8-9-10-11-12-13-15-20-28(25-34-24-27-18-16-14-17-19-27)23-31-30(32)35-29-21-22-33-26-29/h14,16-19,28-29H,2-13,15,20-26H2,1H3,(H,31,32). The van der Waals surface area contributed by atoms with Crippen LogP contribution in [0.25, 0.3) is 0 Å². The summed E-state index contributed by atoms with van der Waals surface area (Å²) in [6.45, 7) is 5.32. The van der Waals surface area contributed by atoms with E-state index in [4.69, 9.17) is 14.2 Å². The SMILES string of the molecule is CCCCCCCCCCCCCCCC(CNC(=O)OC1CCOC1)COCc1ccccc1. The van der Waals surface area contributed by atoms with Gasteiger partial charge in [0, 0.05) is 13.0 Å². The van der Waals surface area contributed by atoms with Gasteiger partial charge in [0.15, 0.2) is 0 Å². The number of ether oxygens (including phenoxy) is 3. The fourth-order valence-electron chi connectivity index (χ4n) is 4.64. The van der Waals surface area contributed by atoms with E-state index in [1.807, 2.05) is 18.2 Å². The van der Waals surface area contributed by atoms with Crippen LogP contribution >= 0.6 is 0 Å². The minimum atomic E-state index is -0.334. The second kappa shape index (κ2) is 20.6. The van der Waals surface area contributed by atoms with Gasteiger partial charge >= 0.3 is 6.09 Å². The molecule has 1 aliphatic heterocycles. The zero-order chi connectivity index (χ0) is 24.8. The number of carbonyl (C=O) groups excluding carboxylic acids is 1. The van der Waals surface area contributed by atoms with Crippen molar-refractivity contribution in [1.82, 2.24) is 5.32 Å². The maximum atomic E-state index is 12.2. The third-order valence-corrected chi connectivity index (χ3v) is 6.88. The summed E-state index contributed by atoms with van der Waals surface area (Å²) in [5.41, 5.74) is 1.18. The van der Waals surface area contributed by atoms with Crippen LogP contribution in [0.15, 0.2) is 30.3 Å². The van der Waals surface area contributed by atoms with Crippen LogP contribution in [0.1, 0.15) is 109 Å². The van der Waals surface area contributed by atoms with Crippen molar-refractivity contribution in [2.75, 3.05) is 26.4 Å². The molecule has 1 saturated heterocycles. The van der Waals surface area contributed by atoms with Gasteiger partial charge in [-0.1, -0.05) is 121 Å². The van der Waals surface area contributed by atoms with E-state index in [-0.39, 0.29) is 12.2 Å². The van der Waals surface area contributed by atoms with E-state index in [9.17, 15) is 4.79 Å². The molecule has 1 amide bonds. The molecule has 2 rings (SSSR count). The highest BCUT2D eigenvalue weighted by atomic mass is 16.6. The van der Waals surface area contributed by atoms with Crippen molar-refractivity contribution in [2.45, 2.75) is 116 Å². The molecule has 5 heteroatoms. The summed E-state index contributed by atoms with van der Waals surface area (Å²) in [6, 6.07) is 10.3. The summed E-state index contributed by atoms with van der Waals surface area (Å²) in [7, 11) is 0. The third kappa shape index (κ3) is 15.9. The molecule has 1 aromatic carbocycles. The van der Waals surface area contributed by atoms with Crippen LogP contribution in [0.4, 0.5) is 4.79 Å². The smallest absolute Gasteiger partial charge is 0.407 e. The molecule has 0 radical (unpaired) electrons. The van der Waals surface area contributed by atoms with Gasteiger partial charge in [-0.2, -0.15) is 0 Å². The highest BCUT2D eigenvalue weighted by Gasteiger charge is 2.20. The number of hydrogen-bond donors (Lipinski definition) is 1. The number of rotatable bonds is 21. The van der Waals surface area contributed by atoms with Crippen LogP contribution in [-0.4, -0.2) is 38.6 Å². The fraction of sp³-hybridized carbons (Fsp3) is 0.767. The van der Waals surface area contributed by atoms with Crippen LogP contribution in [-0.2, 0) is 20.8 Å². The van der Waals surface area contributed by atoms with Crippen LogP contribution in [0.5, 0.6) is 0 Å². The molecule has 5 nitrogen and oxygen atoms in total. The molecule has 1 fully saturated rings. The Labute approximate surface area is 214 Å². The maximum Gasteiger partial charge on any atom is 0.407 e. The summed E-state index contributed by atoms with van der Waals surface area (Å²) in [5.74, 6) is 0.304. The van der Waals surface area contributed by atoms with Crippen molar-refractivity contribution in [3.05, 3.63) is 35.9 Å². The Kier molecular flexibility index (Phi) is 17.4. The molecule has 0 aromatic heterocycles. The first-order valence-electron chi connectivity index (χ1n) is 14.4. The van der Waals surface area contributed by atoms with Gasteiger partial charge in [-0.25, -0.2) is 4.79 Å². The number of amides is 1. The minimum absolute atomic E-state index is 0.108. The molecule has 0 bridgehead atoms. The lowest BCUT2D eigenvalue weighted by molar-refractivity contribution is 0.0707. The van der Waals surface area contributed by atoms with E-state index in [0.717, 1.165) is 12.8 Å². The lowest BCUT2D eigenvalue weighted by Gasteiger charge is -2.19. The van der Waals surface area contributed by atoms with Gasteiger partial charge in [-0.15, -0.1) is 0 Å². The average Bonchev–Trinajstić information content (AvgIpc) is 3.38. The van der Waals surface area contributed by atoms with Gasteiger partial charge in [0.2, 0.25) is 0 Å². The lowest BCUT2D eigenvalue weighted by Crippen LogP contribution is -2.34. The molecule has 2 unspecified atom stereocenters. The second-order valence-corrected chi connectivity index (χ2v) is 10.2. The Morgan fingerprint density at radius 2 is 1.57 bits per heavy atom. The van der Waals surface area contributed by atoms with Crippen molar-refractivity contribution < 1.29 is 19.0 Å². The average molecular weight is 490 g/mol. The number of unbranched alkanes of at least 4 members (excludes halogenated alkanes) is 12. The first-order chi connectivity index (χ1) is 17.3. The largest absolute Gasteiger partial charge is 0.444 e. The van der Waals surface area contributed by atoms with Gasteiger partial charge in [0.1, 0.15) is 6.10 Å². The first-order valence-corrected chi connectivity index (χ1v) is 14.4. The molecule has 0 spiro atoms. The summed E-state index contributed by atoms with van der Waals surface area (Å²) in [5, 5.41) is 2.96. The molecule has 0 saturated carbocycles. The minimum Gasteiger partial charge on any atom is -0.444 e. The van der Waals surface area contributed by atoms with E-state index in [1.54, 1.807) is 0 Å². The Balaban J connectivity index is 1.54. The highest BCUT2D eigenvalue weighted by molar-refractivity contribution is 5.67. The Bertz CT molecular complexity index is 618. The summed E-state index contributed by atoms with van der Waals surface area (Å²) < 4.78 is 16.7. The van der Waals surface area contributed by atoms with E-state index in [0.29, 0.717) is 38.9 Å².